The van der Waals surface area contributed by atoms with Crippen LogP contribution in [0.2, 0.25) is 0 Å². The smallest absolute Gasteiger partial charge is 0.340 e. The predicted octanol–water partition coefficient (Wildman–Crippen LogP) is 3.72. The summed E-state index contributed by atoms with van der Waals surface area (Å²) in [5.41, 5.74) is 9.52. The topological polar surface area (TPSA) is 52.3 Å². The summed E-state index contributed by atoms with van der Waals surface area (Å²) in [6, 6.07) is 19.3. The average Bonchev–Trinajstić information content (AvgIpc) is 2.57. The maximum atomic E-state index is 12.4. The van der Waals surface area contributed by atoms with Crippen molar-refractivity contribution in [1.82, 2.24) is 0 Å². The van der Waals surface area contributed by atoms with E-state index in [4.69, 9.17) is 10.5 Å². The Balaban J connectivity index is 2.38. The normalized spacial score (nSPS) is 11.5. The molecule has 0 amide bonds. The molecule has 0 spiro atoms. The molecule has 0 fully saturated rings. The summed E-state index contributed by atoms with van der Waals surface area (Å²) in [7, 11) is 0. The van der Waals surface area contributed by atoms with E-state index in [2.05, 4.69) is 6.58 Å². The number of carbonyl (C=O) groups is 1. The van der Waals surface area contributed by atoms with Crippen molar-refractivity contribution in [1.29, 1.82) is 0 Å². The molecule has 2 N–H and O–H groups in total. The molecule has 0 radical (unpaired) electrons. The average molecular weight is 307 g/mol. The Kier molecular flexibility index (Phi) is 5.75. The molecular formula is C20H21NO2. The Bertz CT molecular complexity index is 703. The molecule has 0 aliphatic heterocycles. The van der Waals surface area contributed by atoms with Crippen molar-refractivity contribution in [3.63, 3.8) is 0 Å². The number of carbonyl (C=O) groups excluding carboxylic acids is 1. The number of nitrogens with two attached hydrogens (primary N) is 1. The molecular weight excluding hydrogens is 286 g/mol. The van der Waals surface area contributed by atoms with Crippen LogP contribution >= 0.6 is 0 Å². The molecule has 2 rings (SSSR count). The molecule has 0 saturated carbocycles. The summed E-state index contributed by atoms with van der Waals surface area (Å²) in [6.45, 7) is 6.12. The van der Waals surface area contributed by atoms with E-state index in [1.165, 1.54) is 0 Å². The number of ether oxygens (including phenoxy) is 1. The van der Waals surface area contributed by atoms with E-state index in [1.807, 2.05) is 60.7 Å². The molecule has 0 bridgehead atoms. The highest BCUT2D eigenvalue weighted by Gasteiger charge is 2.19. The zero-order valence-electron chi connectivity index (χ0n) is 13.3. The van der Waals surface area contributed by atoms with Gasteiger partial charge >= 0.3 is 5.97 Å². The van der Waals surface area contributed by atoms with Gasteiger partial charge < -0.3 is 10.5 Å². The molecule has 0 saturated heterocycles. The minimum absolute atomic E-state index is 0.295. The molecule has 2 aromatic rings. The number of benzene rings is 2. The van der Waals surface area contributed by atoms with Crippen LogP contribution in [-0.4, -0.2) is 12.6 Å². The summed E-state index contributed by atoms with van der Waals surface area (Å²) in [5.74, 6) is -0.435. The van der Waals surface area contributed by atoms with Crippen LogP contribution in [0.15, 0.2) is 78.5 Å². The van der Waals surface area contributed by atoms with Crippen LogP contribution in [-0.2, 0) is 16.0 Å². The van der Waals surface area contributed by atoms with Gasteiger partial charge in [0.2, 0.25) is 0 Å². The molecule has 118 valence electrons. The number of hydrogen-bond donors (Lipinski definition) is 1. The van der Waals surface area contributed by atoms with Crippen molar-refractivity contribution in [3.8, 4) is 0 Å². The van der Waals surface area contributed by atoms with E-state index in [-0.39, 0.29) is 0 Å². The van der Waals surface area contributed by atoms with E-state index in [0.29, 0.717) is 29.9 Å². The lowest BCUT2D eigenvalue weighted by atomic mass is 9.95. The number of hydrogen-bond acceptors (Lipinski definition) is 3. The highest BCUT2D eigenvalue weighted by molar-refractivity contribution is 6.06. The highest BCUT2D eigenvalue weighted by Crippen LogP contribution is 2.25. The van der Waals surface area contributed by atoms with Crippen LogP contribution in [0.25, 0.3) is 5.57 Å². The molecule has 3 heteroatoms. The third-order valence-electron chi connectivity index (χ3n) is 3.46. The second-order valence-electron chi connectivity index (χ2n) is 5.13. The van der Waals surface area contributed by atoms with Gasteiger partial charge in [-0.15, -0.1) is 0 Å². The maximum absolute atomic E-state index is 12.4. The minimum atomic E-state index is -0.435. The molecule has 0 aromatic heterocycles. The Morgan fingerprint density at radius 3 is 2.17 bits per heavy atom. The van der Waals surface area contributed by atoms with Crippen LogP contribution in [0.1, 0.15) is 18.1 Å². The molecule has 2 aromatic carbocycles. The van der Waals surface area contributed by atoms with Gasteiger partial charge in [0.15, 0.2) is 0 Å². The summed E-state index contributed by atoms with van der Waals surface area (Å²) in [4.78, 5) is 12.4. The van der Waals surface area contributed by atoms with Crippen molar-refractivity contribution in [2.75, 3.05) is 6.61 Å². The lowest BCUT2D eigenvalue weighted by molar-refractivity contribution is -0.138. The van der Waals surface area contributed by atoms with E-state index in [9.17, 15) is 4.79 Å². The second-order valence-corrected chi connectivity index (χ2v) is 5.13. The lowest BCUT2D eigenvalue weighted by Crippen LogP contribution is -2.17. The number of esters is 1. The predicted molar refractivity (Wildman–Crippen MR) is 93.5 cm³/mol. The summed E-state index contributed by atoms with van der Waals surface area (Å²) >= 11 is 0. The first kappa shape index (κ1) is 16.6. The summed E-state index contributed by atoms with van der Waals surface area (Å²) in [6.07, 6.45) is 0.473. The third kappa shape index (κ3) is 4.33. The minimum Gasteiger partial charge on any atom is -0.462 e. The lowest BCUT2D eigenvalue weighted by Gasteiger charge is -2.14. The molecule has 0 aliphatic rings. The van der Waals surface area contributed by atoms with Crippen molar-refractivity contribution in [2.45, 2.75) is 13.3 Å². The van der Waals surface area contributed by atoms with Gasteiger partial charge in [-0.05, 0) is 23.6 Å². The Morgan fingerprint density at radius 2 is 1.61 bits per heavy atom. The van der Waals surface area contributed by atoms with Crippen molar-refractivity contribution in [3.05, 3.63) is 89.6 Å². The van der Waals surface area contributed by atoms with E-state index < -0.39 is 5.97 Å². The van der Waals surface area contributed by atoms with E-state index in [1.54, 1.807) is 6.92 Å². The maximum Gasteiger partial charge on any atom is 0.340 e. The van der Waals surface area contributed by atoms with Crippen molar-refractivity contribution < 1.29 is 9.53 Å². The molecule has 0 unspecified atom stereocenters. The Hall–Kier alpha value is -2.81. The fourth-order valence-corrected chi connectivity index (χ4v) is 2.34. The highest BCUT2D eigenvalue weighted by atomic mass is 16.5. The molecule has 0 atom stereocenters. The number of rotatable bonds is 6. The standard InChI is InChI=1S/C20H21NO2/c1-3-23-20(22)19(15(2)17-12-8-5-9-13-17)18(21)14-16-10-6-4-7-11-16/h4-13H,2-3,14,21H2,1H3/b19-18+. The van der Waals surface area contributed by atoms with Crippen LogP contribution in [0.3, 0.4) is 0 Å². The van der Waals surface area contributed by atoms with Crippen LogP contribution in [0.4, 0.5) is 0 Å². The summed E-state index contributed by atoms with van der Waals surface area (Å²) < 4.78 is 5.17. The van der Waals surface area contributed by atoms with E-state index in [0.717, 1.165) is 11.1 Å². The van der Waals surface area contributed by atoms with Gasteiger partial charge in [-0.25, -0.2) is 4.79 Å². The van der Waals surface area contributed by atoms with Crippen LogP contribution in [0.5, 0.6) is 0 Å². The van der Waals surface area contributed by atoms with Gasteiger partial charge in [-0.3, -0.25) is 0 Å². The van der Waals surface area contributed by atoms with Crippen LogP contribution < -0.4 is 5.73 Å². The molecule has 3 nitrogen and oxygen atoms in total. The zero-order valence-corrected chi connectivity index (χ0v) is 13.3. The zero-order chi connectivity index (χ0) is 16.7. The van der Waals surface area contributed by atoms with Gasteiger partial charge in [0.1, 0.15) is 0 Å². The van der Waals surface area contributed by atoms with E-state index >= 15 is 0 Å². The van der Waals surface area contributed by atoms with Gasteiger partial charge in [-0.1, -0.05) is 67.2 Å². The molecule has 23 heavy (non-hydrogen) atoms. The van der Waals surface area contributed by atoms with Gasteiger partial charge in [-0.2, -0.15) is 0 Å². The Morgan fingerprint density at radius 1 is 1.04 bits per heavy atom. The molecule has 0 heterocycles. The van der Waals surface area contributed by atoms with Crippen molar-refractivity contribution in [2.24, 2.45) is 5.73 Å². The van der Waals surface area contributed by atoms with Crippen molar-refractivity contribution >= 4 is 11.5 Å². The largest absolute Gasteiger partial charge is 0.462 e. The fourth-order valence-electron chi connectivity index (χ4n) is 2.34. The van der Waals surface area contributed by atoms with Gasteiger partial charge in [0.05, 0.1) is 12.2 Å². The third-order valence-corrected chi connectivity index (χ3v) is 3.46. The number of allylic oxidation sites excluding steroid dienone is 1. The van der Waals surface area contributed by atoms with Gasteiger partial charge in [0.25, 0.3) is 0 Å². The SMILES string of the molecule is C=C(/C(C(=O)OCC)=C(\N)Cc1ccccc1)c1ccccc1. The first-order valence-corrected chi connectivity index (χ1v) is 7.57. The molecule has 0 aliphatic carbocycles. The monoisotopic (exact) mass is 307 g/mol. The quantitative estimate of drug-likeness (QED) is 0.503. The first-order chi connectivity index (χ1) is 11.1. The van der Waals surface area contributed by atoms with Gasteiger partial charge in [0, 0.05) is 12.1 Å². The Labute approximate surface area is 137 Å². The summed E-state index contributed by atoms with van der Waals surface area (Å²) in [5, 5.41) is 0. The first-order valence-electron chi connectivity index (χ1n) is 7.57. The second kappa shape index (κ2) is 7.99. The fraction of sp³-hybridized carbons (Fsp3) is 0.150. The van der Waals surface area contributed by atoms with Crippen LogP contribution in [0, 0.1) is 0 Å².